The summed E-state index contributed by atoms with van der Waals surface area (Å²) in [6, 6.07) is 6.35. The van der Waals surface area contributed by atoms with Gasteiger partial charge in [-0.1, -0.05) is 6.07 Å². The van der Waals surface area contributed by atoms with Crippen molar-refractivity contribution in [1.29, 1.82) is 5.26 Å². The minimum atomic E-state index is -1.05. The monoisotopic (exact) mass is 248 g/mol. The fourth-order valence-corrected chi connectivity index (χ4v) is 1.33. The van der Waals surface area contributed by atoms with Crippen LogP contribution in [0, 0.1) is 18.3 Å². The van der Waals surface area contributed by atoms with Gasteiger partial charge in [0.2, 0.25) is 0 Å². The summed E-state index contributed by atoms with van der Waals surface area (Å²) in [5, 5.41) is 19.5. The van der Waals surface area contributed by atoms with E-state index in [9.17, 15) is 9.59 Å². The fourth-order valence-electron chi connectivity index (χ4n) is 1.33. The molecule has 0 unspecified atom stereocenters. The molecule has 0 saturated heterocycles. The molecule has 0 saturated carbocycles. The molecule has 94 valence electrons. The highest BCUT2D eigenvalue weighted by Crippen LogP contribution is 2.21. The second-order valence-corrected chi connectivity index (χ2v) is 3.46. The van der Waals surface area contributed by atoms with Gasteiger partial charge in [-0.2, -0.15) is 5.26 Å². The number of rotatable bonds is 5. The van der Waals surface area contributed by atoms with E-state index in [-0.39, 0.29) is 18.7 Å². The minimum absolute atomic E-state index is 0.0870. The number of carboxylic acids is 1. The van der Waals surface area contributed by atoms with Crippen molar-refractivity contribution in [3.8, 4) is 11.8 Å². The summed E-state index contributed by atoms with van der Waals surface area (Å²) in [5.74, 6) is -1.15. The van der Waals surface area contributed by atoms with Crippen LogP contribution < -0.4 is 10.1 Å². The Morgan fingerprint density at radius 1 is 1.50 bits per heavy atom. The summed E-state index contributed by atoms with van der Waals surface area (Å²) < 4.78 is 5.20. The zero-order chi connectivity index (χ0) is 13.5. The van der Waals surface area contributed by atoms with E-state index in [0.717, 1.165) is 0 Å². The number of nitriles is 1. The largest absolute Gasteiger partial charge is 0.483 e. The number of carbonyl (C=O) groups excluding carboxylic acids is 1. The molecule has 0 aromatic heterocycles. The molecule has 1 rings (SSSR count). The molecule has 1 aromatic rings. The van der Waals surface area contributed by atoms with Crippen LogP contribution in [0.15, 0.2) is 18.2 Å². The zero-order valence-corrected chi connectivity index (χ0v) is 9.77. The molecule has 1 amide bonds. The van der Waals surface area contributed by atoms with E-state index in [1.165, 1.54) is 6.07 Å². The second-order valence-electron chi connectivity index (χ2n) is 3.46. The predicted molar refractivity (Wildman–Crippen MR) is 62.3 cm³/mol. The third-order valence-corrected chi connectivity index (χ3v) is 2.24. The Morgan fingerprint density at radius 2 is 2.22 bits per heavy atom. The van der Waals surface area contributed by atoms with E-state index in [2.05, 4.69) is 5.32 Å². The molecule has 2 N–H and O–H groups in total. The van der Waals surface area contributed by atoms with Crippen molar-refractivity contribution in [3.63, 3.8) is 0 Å². The third-order valence-electron chi connectivity index (χ3n) is 2.24. The van der Waals surface area contributed by atoms with Gasteiger partial charge in [-0.25, -0.2) is 4.79 Å². The molecule has 0 heterocycles. The molecule has 0 spiro atoms. The lowest BCUT2D eigenvalue weighted by Gasteiger charge is -2.10. The van der Waals surface area contributed by atoms with Crippen LogP contribution in [0.5, 0.6) is 5.75 Å². The van der Waals surface area contributed by atoms with Crippen molar-refractivity contribution in [2.75, 3.05) is 13.2 Å². The van der Waals surface area contributed by atoms with E-state index in [4.69, 9.17) is 15.1 Å². The van der Waals surface area contributed by atoms with E-state index < -0.39 is 11.9 Å². The molecule has 0 aliphatic heterocycles. The molecule has 0 radical (unpaired) electrons. The zero-order valence-electron chi connectivity index (χ0n) is 9.77. The standard InChI is InChI=1S/C12H12N2O4/c1-8-9(12(16)17)3-2-4-10(8)18-7-11(15)14-6-5-13/h2-4H,6-7H2,1H3,(H,14,15)(H,16,17). The van der Waals surface area contributed by atoms with Gasteiger partial charge in [-0.15, -0.1) is 0 Å². The fraction of sp³-hybridized carbons (Fsp3) is 0.250. The van der Waals surface area contributed by atoms with Crippen molar-refractivity contribution >= 4 is 11.9 Å². The molecule has 0 bridgehead atoms. The lowest BCUT2D eigenvalue weighted by atomic mass is 10.1. The first kappa shape index (κ1) is 13.5. The predicted octanol–water partition coefficient (Wildman–Crippen LogP) is 0.712. The Kier molecular flexibility index (Phi) is 4.69. The number of carboxylic acid groups (broad SMARTS) is 1. The number of aromatic carboxylic acids is 1. The van der Waals surface area contributed by atoms with Crippen LogP contribution in [0.25, 0.3) is 0 Å². The van der Waals surface area contributed by atoms with Crippen molar-refractivity contribution in [3.05, 3.63) is 29.3 Å². The van der Waals surface area contributed by atoms with Crippen LogP contribution in [0.2, 0.25) is 0 Å². The van der Waals surface area contributed by atoms with E-state index in [1.807, 2.05) is 0 Å². The van der Waals surface area contributed by atoms with Crippen LogP contribution in [-0.2, 0) is 4.79 Å². The normalized spacial score (nSPS) is 9.33. The summed E-state index contributed by atoms with van der Waals surface area (Å²) in [5.41, 5.74) is 0.586. The lowest BCUT2D eigenvalue weighted by Crippen LogP contribution is -2.29. The molecule has 0 aliphatic carbocycles. The maximum Gasteiger partial charge on any atom is 0.336 e. The van der Waals surface area contributed by atoms with E-state index in [1.54, 1.807) is 25.1 Å². The van der Waals surface area contributed by atoms with Crippen LogP contribution in [0.4, 0.5) is 0 Å². The topological polar surface area (TPSA) is 99.4 Å². The Balaban J connectivity index is 2.69. The van der Waals surface area contributed by atoms with Crippen molar-refractivity contribution in [2.45, 2.75) is 6.92 Å². The van der Waals surface area contributed by atoms with Crippen molar-refractivity contribution in [2.24, 2.45) is 0 Å². The first-order valence-electron chi connectivity index (χ1n) is 5.15. The number of nitrogens with zero attached hydrogens (tertiary/aromatic N) is 1. The average Bonchev–Trinajstić information content (AvgIpc) is 2.34. The lowest BCUT2D eigenvalue weighted by molar-refractivity contribution is -0.122. The molecule has 6 heteroatoms. The highest BCUT2D eigenvalue weighted by atomic mass is 16.5. The number of benzene rings is 1. The van der Waals surface area contributed by atoms with Gasteiger partial charge in [0.05, 0.1) is 11.6 Å². The number of ether oxygens (including phenoxy) is 1. The highest BCUT2D eigenvalue weighted by Gasteiger charge is 2.11. The van der Waals surface area contributed by atoms with Gasteiger partial charge in [0, 0.05) is 5.56 Å². The summed E-state index contributed by atoms with van der Waals surface area (Å²) in [7, 11) is 0. The van der Waals surface area contributed by atoms with Crippen LogP contribution >= 0.6 is 0 Å². The van der Waals surface area contributed by atoms with Gasteiger partial charge < -0.3 is 15.2 Å². The Hall–Kier alpha value is -2.55. The van der Waals surface area contributed by atoms with Crippen LogP contribution in [0.1, 0.15) is 15.9 Å². The van der Waals surface area contributed by atoms with Gasteiger partial charge in [0.1, 0.15) is 12.3 Å². The van der Waals surface area contributed by atoms with Crippen molar-refractivity contribution in [1.82, 2.24) is 5.32 Å². The van der Waals surface area contributed by atoms with Gasteiger partial charge in [-0.3, -0.25) is 4.79 Å². The van der Waals surface area contributed by atoms with Crippen LogP contribution in [-0.4, -0.2) is 30.1 Å². The highest BCUT2D eigenvalue weighted by molar-refractivity contribution is 5.90. The SMILES string of the molecule is Cc1c(OCC(=O)NCC#N)cccc1C(=O)O. The molecule has 1 aromatic carbocycles. The third kappa shape index (κ3) is 3.49. The van der Waals surface area contributed by atoms with Gasteiger partial charge in [0.15, 0.2) is 6.61 Å². The summed E-state index contributed by atoms with van der Waals surface area (Å²) >= 11 is 0. The number of hydrogen-bond acceptors (Lipinski definition) is 4. The molecule has 6 nitrogen and oxygen atoms in total. The summed E-state index contributed by atoms with van der Waals surface area (Å²) in [4.78, 5) is 22.1. The van der Waals surface area contributed by atoms with Crippen molar-refractivity contribution < 1.29 is 19.4 Å². The van der Waals surface area contributed by atoms with E-state index >= 15 is 0 Å². The minimum Gasteiger partial charge on any atom is -0.483 e. The molecule has 0 atom stereocenters. The molecule has 0 aliphatic rings. The Bertz CT molecular complexity index is 505. The Morgan fingerprint density at radius 3 is 2.83 bits per heavy atom. The summed E-state index contributed by atoms with van der Waals surface area (Å²) in [6.45, 7) is 1.26. The van der Waals surface area contributed by atoms with Gasteiger partial charge in [-0.05, 0) is 19.1 Å². The first-order valence-corrected chi connectivity index (χ1v) is 5.15. The summed E-state index contributed by atoms with van der Waals surface area (Å²) in [6.07, 6.45) is 0. The number of carbonyl (C=O) groups is 2. The van der Waals surface area contributed by atoms with Crippen LogP contribution in [0.3, 0.4) is 0 Å². The van der Waals surface area contributed by atoms with Gasteiger partial charge in [0.25, 0.3) is 5.91 Å². The quantitative estimate of drug-likeness (QED) is 0.747. The first-order chi connectivity index (χ1) is 8.56. The molecular weight excluding hydrogens is 236 g/mol. The van der Waals surface area contributed by atoms with Gasteiger partial charge >= 0.3 is 5.97 Å². The molecule has 18 heavy (non-hydrogen) atoms. The number of amides is 1. The molecule has 0 fully saturated rings. The maximum absolute atomic E-state index is 11.2. The second kappa shape index (κ2) is 6.25. The van der Waals surface area contributed by atoms with E-state index in [0.29, 0.717) is 11.3 Å². The smallest absolute Gasteiger partial charge is 0.336 e. The average molecular weight is 248 g/mol. The maximum atomic E-state index is 11.2. The number of hydrogen-bond donors (Lipinski definition) is 2. The Labute approximate surface area is 104 Å². The molecular formula is C12H12N2O4. The number of nitrogens with one attached hydrogen (secondary N) is 1.